The average Bonchev–Trinajstić information content (AvgIpc) is 2.48. The van der Waals surface area contributed by atoms with Crippen LogP contribution in [0.1, 0.15) is 30.6 Å². The fourth-order valence-electron chi connectivity index (χ4n) is 1.10. The number of hydrogen-bond donors (Lipinski definition) is 2. The second kappa shape index (κ2) is 4.85. The van der Waals surface area contributed by atoms with E-state index in [-0.39, 0.29) is 6.42 Å². The molecule has 2 N–H and O–H groups in total. The van der Waals surface area contributed by atoms with Crippen molar-refractivity contribution in [1.29, 1.82) is 0 Å². The van der Waals surface area contributed by atoms with Crippen molar-refractivity contribution in [2.24, 2.45) is 0 Å². The van der Waals surface area contributed by atoms with Crippen LogP contribution in [0.5, 0.6) is 0 Å². The van der Waals surface area contributed by atoms with Crippen molar-refractivity contribution in [3.63, 3.8) is 0 Å². The summed E-state index contributed by atoms with van der Waals surface area (Å²) in [7, 11) is 0. The molecule has 0 spiro atoms. The van der Waals surface area contributed by atoms with E-state index in [1.165, 1.54) is 12.4 Å². The molecule has 0 amide bonds. The van der Waals surface area contributed by atoms with Gasteiger partial charge < -0.3 is 9.84 Å². The first-order valence-electron chi connectivity index (χ1n) is 4.52. The normalized spacial score (nSPS) is 12.6. The summed E-state index contributed by atoms with van der Waals surface area (Å²) >= 11 is 6.37. The molecule has 90 valence electrons. The van der Waals surface area contributed by atoms with Crippen molar-refractivity contribution < 1.29 is 14.6 Å². The molecule has 0 unspecified atom stereocenters. The zero-order chi connectivity index (χ0) is 12.4. The third-order valence-corrected chi connectivity index (χ3v) is 2.50. The summed E-state index contributed by atoms with van der Waals surface area (Å²) in [6.07, 6.45) is 2.99. The highest BCUT2D eigenvalue weighted by atomic mass is 79.9. The molecule has 0 bridgehead atoms. The predicted octanol–water partition coefficient (Wildman–Crippen LogP) is 2.17. The lowest BCUT2D eigenvalue weighted by Gasteiger charge is -2.27. The number of carbonyl (C=O) groups excluding carboxylic acids is 1. The fourth-order valence-corrected chi connectivity index (χ4v) is 2.76. The Labute approximate surface area is 110 Å². The third-order valence-electron chi connectivity index (χ3n) is 1.61. The Morgan fingerprint density at radius 2 is 2.25 bits per heavy atom. The van der Waals surface area contributed by atoms with Crippen LogP contribution in [0, 0.1) is 0 Å². The van der Waals surface area contributed by atoms with Crippen LogP contribution < -0.4 is 0 Å². The van der Waals surface area contributed by atoms with Gasteiger partial charge in [0.05, 0.1) is 17.4 Å². The van der Waals surface area contributed by atoms with Crippen molar-refractivity contribution in [2.75, 3.05) is 0 Å². The molecule has 7 heteroatoms. The van der Waals surface area contributed by atoms with Gasteiger partial charge in [-0.25, -0.2) is 4.79 Å². The number of esters is 1. The quantitative estimate of drug-likeness (QED) is 0.641. The Bertz CT molecular complexity index is 357. The maximum Gasteiger partial charge on any atom is 0.343 e. The van der Waals surface area contributed by atoms with E-state index < -0.39 is 15.0 Å². The Kier molecular flexibility index (Phi) is 4.14. The van der Waals surface area contributed by atoms with Gasteiger partial charge in [0.2, 0.25) is 3.42 Å². The number of aromatic amines is 1. The largest absolute Gasteiger partial charge is 0.433 e. The molecule has 0 aliphatic carbocycles. The average molecular weight is 356 g/mol. The van der Waals surface area contributed by atoms with Gasteiger partial charge in [-0.15, -0.1) is 0 Å². The number of halogens is 2. The van der Waals surface area contributed by atoms with Crippen molar-refractivity contribution in [2.45, 2.75) is 29.3 Å². The van der Waals surface area contributed by atoms with Gasteiger partial charge in [0.1, 0.15) is 0 Å². The van der Waals surface area contributed by atoms with E-state index in [9.17, 15) is 9.90 Å². The summed E-state index contributed by atoms with van der Waals surface area (Å²) in [4.78, 5) is 11.6. The second-order valence-electron chi connectivity index (χ2n) is 4.00. The highest BCUT2D eigenvalue weighted by Crippen LogP contribution is 2.36. The molecule has 0 radical (unpaired) electrons. The molecule has 1 aromatic heterocycles. The molecule has 0 aliphatic rings. The minimum atomic E-state index is -1.09. The number of aliphatic hydroxyl groups is 1. The zero-order valence-electron chi connectivity index (χ0n) is 8.83. The van der Waals surface area contributed by atoms with Gasteiger partial charge >= 0.3 is 5.97 Å². The Balaban J connectivity index is 2.63. The lowest BCUT2D eigenvalue weighted by atomic mass is 10.1. The van der Waals surface area contributed by atoms with E-state index in [0.717, 1.165) is 0 Å². The number of nitrogens with zero attached hydrogens (tertiary/aromatic N) is 1. The summed E-state index contributed by atoms with van der Waals surface area (Å²) in [5.41, 5.74) is -0.650. The Hall–Kier alpha value is -0.400. The number of hydrogen-bond acceptors (Lipinski definition) is 4. The van der Waals surface area contributed by atoms with E-state index in [1.807, 2.05) is 0 Å². The second-order valence-corrected chi connectivity index (χ2v) is 7.63. The van der Waals surface area contributed by atoms with E-state index in [1.54, 1.807) is 13.8 Å². The first-order valence-corrected chi connectivity index (χ1v) is 6.10. The molecule has 0 saturated heterocycles. The molecule has 0 saturated carbocycles. The molecule has 0 fully saturated rings. The minimum Gasteiger partial charge on any atom is -0.433 e. The van der Waals surface area contributed by atoms with Crippen LogP contribution in [0.15, 0.2) is 12.4 Å². The van der Waals surface area contributed by atoms with Gasteiger partial charge in [-0.1, -0.05) is 0 Å². The molecule has 1 heterocycles. The molecule has 5 nitrogen and oxygen atoms in total. The molecular formula is C9H12Br2N2O3. The number of ether oxygens (including phenoxy) is 1. The number of H-pyrrole nitrogens is 1. The van der Waals surface area contributed by atoms with Gasteiger partial charge in [-0.2, -0.15) is 5.10 Å². The number of carbonyl (C=O) groups is 1. The van der Waals surface area contributed by atoms with Crippen molar-refractivity contribution >= 4 is 37.8 Å². The molecule has 0 aromatic carbocycles. The van der Waals surface area contributed by atoms with Crippen LogP contribution in [0.2, 0.25) is 0 Å². The molecule has 0 aliphatic heterocycles. The maximum atomic E-state index is 11.6. The van der Waals surface area contributed by atoms with Gasteiger partial charge in [0.25, 0.3) is 0 Å². The van der Waals surface area contributed by atoms with E-state index in [2.05, 4.69) is 42.1 Å². The molecule has 0 atom stereocenters. The van der Waals surface area contributed by atoms with E-state index in [0.29, 0.717) is 5.56 Å². The first kappa shape index (κ1) is 13.7. The third kappa shape index (κ3) is 4.63. The number of nitrogens with one attached hydrogen (secondary N) is 1. The van der Waals surface area contributed by atoms with Gasteiger partial charge in [-0.05, 0) is 45.7 Å². The first-order chi connectivity index (χ1) is 7.20. The van der Waals surface area contributed by atoms with Crippen LogP contribution in [0.25, 0.3) is 0 Å². The SMILES string of the molecule is CC(C)(O)CC(Br)(Br)OC(=O)c1cn[nH]c1. The Morgan fingerprint density at radius 3 is 2.69 bits per heavy atom. The van der Waals surface area contributed by atoms with Gasteiger partial charge in [0.15, 0.2) is 0 Å². The molecular weight excluding hydrogens is 344 g/mol. The molecule has 16 heavy (non-hydrogen) atoms. The highest BCUT2D eigenvalue weighted by Gasteiger charge is 2.34. The maximum absolute atomic E-state index is 11.6. The number of alkyl halides is 2. The summed E-state index contributed by atoms with van der Waals surface area (Å²) in [5, 5.41) is 15.8. The van der Waals surface area contributed by atoms with Gasteiger partial charge in [0, 0.05) is 12.6 Å². The smallest absolute Gasteiger partial charge is 0.343 e. The minimum absolute atomic E-state index is 0.198. The molecule has 1 aromatic rings. The fraction of sp³-hybridized carbons (Fsp3) is 0.556. The van der Waals surface area contributed by atoms with Crippen molar-refractivity contribution in [3.8, 4) is 0 Å². The van der Waals surface area contributed by atoms with Crippen LogP contribution in [0.4, 0.5) is 0 Å². The van der Waals surface area contributed by atoms with Gasteiger partial charge in [-0.3, -0.25) is 5.10 Å². The molecule has 1 rings (SSSR count). The van der Waals surface area contributed by atoms with Crippen molar-refractivity contribution in [1.82, 2.24) is 10.2 Å². The lowest BCUT2D eigenvalue weighted by molar-refractivity contribution is 0.0106. The van der Waals surface area contributed by atoms with E-state index in [4.69, 9.17) is 4.74 Å². The summed E-state index contributed by atoms with van der Waals surface area (Å²) in [6.45, 7) is 3.24. The van der Waals surface area contributed by atoms with Crippen LogP contribution in [0.3, 0.4) is 0 Å². The van der Waals surface area contributed by atoms with Crippen LogP contribution >= 0.6 is 31.9 Å². The topological polar surface area (TPSA) is 75.2 Å². The van der Waals surface area contributed by atoms with E-state index >= 15 is 0 Å². The monoisotopic (exact) mass is 354 g/mol. The zero-order valence-corrected chi connectivity index (χ0v) is 12.0. The van der Waals surface area contributed by atoms with Crippen LogP contribution in [-0.4, -0.2) is 30.3 Å². The lowest BCUT2D eigenvalue weighted by Crippen LogP contribution is -2.32. The highest BCUT2D eigenvalue weighted by molar-refractivity contribution is 9.25. The summed E-state index contributed by atoms with van der Waals surface area (Å²) in [5.74, 6) is -0.535. The van der Waals surface area contributed by atoms with Crippen molar-refractivity contribution in [3.05, 3.63) is 18.0 Å². The summed E-state index contributed by atoms with van der Waals surface area (Å²) < 4.78 is 4.04. The number of aromatic nitrogens is 2. The predicted molar refractivity (Wildman–Crippen MR) is 65.5 cm³/mol. The standard InChI is InChI=1S/C9H12Br2N2O3/c1-8(2,15)5-9(10,11)16-7(14)6-3-12-13-4-6/h3-4,15H,5H2,1-2H3,(H,12,13). The van der Waals surface area contributed by atoms with Crippen LogP contribution in [-0.2, 0) is 4.74 Å². The summed E-state index contributed by atoms with van der Waals surface area (Å²) in [6, 6.07) is 0. The Morgan fingerprint density at radius 1 is 1.62 bits per heavy atom. The number of rotatable bonds is 4.